The van der Waals surface area contributed by atoms with Crippen molar-refractivity contribution >= 4 is 26.6 Å². The fourth-order valence-electron chi connectivity index (χ4n) is 3.72. The fourth-order valence-corrected chi connectivity index (χ4v) is 5.21. The van der Waals surface area contributed by atoms with Gasteiger partial charge in [-0.05, 0) is 36.2 Å². The first-order chi connectivity index (χ1) is 15.0. The molecule has 2 aromatic carbocycles. The number of rotatable bonds is 8. The van der Waals surface area contributed by atoms with Crippen LogP contribution in [0.5, 0.6) is 5.75 Å². The Morgan fingerprint density at radius 3 is 2.87 bits per heavy atom. The molecule has 3 aromatic rings. The lowest BCUT2D eigenvalue weighted by Gasteiger charge is -2.28. The molecule has 0 bridgehead atoms. The van der Waals surface area contributed by atoms with Crippen molar-refractivity contribution < 1.29 is 17.9 Å². The van der Waals surface area contributed by atoms with Gasteiger partial charge in [-0.25, -0.2) is 8.42 Å². The zero-order valence-electron chi connectivity index (χ0n) is 17.8. The number of ether oxygens (including phenoxy) is 2. The van der Waals surface area contributed by atoms with Crippen LogP contribution in [0, 0.1) is 0 Å². The van der Waals surface area contributed by atoms with Crippen molar-refractivity contribution in [1.29, 1.82) is 0 Å². The molecule has 0 fully saturated rings. The van der Waals surface area contributed by atoms with E-state index in [2.05, 4.69) is 9.88 Å². The van der Waals surface area contributed by atoms with Crippen LogP contribution in [0.15, 0.2) is 59.6 Å². The number of fused-ring (bicyclic) bond motifs is 2. The van der Waals surface area contributed by atoms with Crippen molar-refractivity contribution in [3.05, 3.63) is 60.3 Å². The molecule has 0 aliphatic carbocycles. The number of hydrogen-bond donors (Lipinski definition) is 0. The Bertz CT molecular complexity index is 1170. The maximum atomic E-state index is 13.6. The normalized spacial score (nSPS) is 14.0. The fraction of sp³-hybridized carbons (Fsp3) is 0.348. The van der Waals surface area contributed by atoms with E-state index in [0.29, 0.717) is 31.9 Å². The largest absolute Gasteiger partial charge is 0.490 e. The van der Waals surface area contributed by atoms with Gasteiger partial charge in [-0.1, -0.05) is 18.2 Å². The molecule has 8 heteroatoms. The van der Waals surface area contributed by atoms with E-state index in [1.807, 2.05) is 43.4 Å². The molecular formula is C23H27N3O4S. The number of methoxy groups -OCH3 is 1. The van der Waals surface area contributed by atoms with Crippen molar-refractivity contribution in [2.24, 2.45) is 0 Å². The van der Waals surface area contributed by atoms with Crippen LogP contribution in [0.25, 0.3) is 10.9 Å². The minimum Gasteiger partial charge on any atom is -0.490 e. The monoisotopic (exact) mass is 441 g/mol. The van der Waals surface area contributed by atoms with Crippen LogP contribution >= 0.6 is 0 Å². The topological polar surface area (TPSA) is 72.0 Å². The van der Waals surface area contributed by atoms with Gasteiger partial charge in [-0.3, -0.25) is 4.98 Å². The van der Waals surface area contributed by atoms with Gasteiger partial charge in [0.05, 0.1) is 22.6 Å². The van der Waals surface area contributed by atoms with Gasteiger partial charge < -0.3 is 14.4 Å². The SMILES string of the molecule is COCCCN(Cc1cnc2ccccc2c1)S(=O)(=O)c1ccc2c(c1)OCCN2C. The van der Waals surface area contributed by atoms with E-state index >= 15 is 0 Å². The first kappa shape index (κ1) is 21.5. The number of para-hydroxylation sites is 1. The third kappa shape index (κ3) is 4.66. The van der Waals surface area contributed by atoms with Gasteiger partial charge in [0.25, 0.3) is 0 Å². The van der Waals surface area contributed by atoms with Gasteiger partial charge in [0.15, 0.2) is 0 Å². The molecule has 0 amide bonds. The van der Waals surface area contributed by atoms with E-state index < -0.39 is 10.0 Å². The third-order valence-corrected chi connectivity index (χ3v) is 7.27. The van der Waals surface area contributed by atoms with E-state index in [4.69, 9.17) is 9.47 Å². The molecule has 1 aromatic heterocycles. The van der Waals surface area contributed by atoms with E-state index in [9.17, 15) is 8.42 Å². The number of hydrogen-bond acceptors (Lipinski definition) is 6. The second-order valence-corrected chi connectivity index (χ2v) is 9.56. The second kappa shape index (κ2) is 9.21. The summed E-state index contributed by atoms with van der Waals surface area (Å²) in [5, 5.41) is 0.986. The van der Waals surface area contributed by atoms with Gasteiger partial charge >= 0.3 is 0 Å². The molecule has 0 saturated heterocycles. The molecule has 1 aliphatic heterocycles. The van der Waals surface area contributed by atoms with Crippen molar-refractivity contribution in [3.63, 3.8) is 0 Å². The molecule has 0 N–H and O–H groups in total. The number of pyridine rings is 1. The summed E-state index contributed by atoms with van der Waals surface area (Å²) < 4.78 is 39.5. The molecule has 31 heavy (non-hydrogen) atoms. The summed E-state index contributed by atoms with van der Waals surface area (Å²) >= 11 is 0. The predicted octanol–water partition coefficient (Wildman–Crippen LogP) is 3.29. The summed E-state index contributed by atoms with van der Waals surface area (Å²) in [6.07, 6.45) is 2.34. The number of sulfonamides is 1. The molecule has 4 rings (SSSR count). The van der Waals surface area contributed by atoms with Crippen LogP contribution in [-0.2, 0) is 21.3 Å². The van der Waals surface area contributed by atoms with Crippen LogP contribution in [0.1, 0.15) is 12.0 Å². The number of benzene rings is 2. The van der Waals surface area contributed by atoms with Gasteiger partial charge in [-0.2, -0.15) is 4.31 Å². The first-order valence-corrected chi connectivity index (χ1v) is 11.7. The maximum Gasteiger partial charge on any atom is 0.243 e. The third-order valence-electron chi connectivity index (χ3n) is 5.43. The molecule has 0 saturated carbocycles. The summed E-state index contributed by atoms with van der Waals surface area (Å²) in [6, 6.07) is 14.9. The van der Waals surface area contributed by atoms with Crippen molar-refractivity contribution in [2.75, 3.05) is 45.4 Å². The number of likely N-dealkylation sites (N-methyl/N-ethyl adjacent to an activating group) is 1. The summed E-state index contributed by atoms with van der Waals surface area (Å²) in [5.41, 5.74) is 2.62. The van der Waals surface area contributed by atoms with Crippen molar-refractivity contribution in [2.45, 2.75) is 17.9 Å². The highest BCUT2D eigenvalue weighted by molar-refractivity contribution is 7.89. The lowest BCUT2D eigenvalue weighted by Crippen LogP contribution is -2.33. The van der Waals surface area contributed by atoms with E-state index in [0.717, 1.165) is 28.7 Å². The molecule has 2 heterocycles. The lowest BCUT2D eigenvalue weighted by molar-refractivity contribution is 0.186. The Labute approximate surface area is 183 Å². The Morgan fingerprint density at radius 1 is 1.19 bits per heavy atom. The average molecular weight is 442 g/mol. The average Bonchev–Trinajstić information content (AvgIpc) is 2.78. The molecule has 164 valence electrons. The summed E-state index contributed by atoms with van der Waals surface area (Å²) in [4.78, 5) is 6.77. The Hall–Kier alpha value is -2.68. The highest BCUT2D eigenvalue weighted by Crippen LogP contribution is 2.34. The van der Waals surface area contributed by atoms with Crippen molar-refractivity contribution in [3.8, 4) is 5.75 Å². The lowest BCUT2D eigenvalue weighted by atomic mass is 10.1. The molecule has 7 nitrogen and oxygen atoms in total. The van der Waals surface area contributed by atoms with Gasteiger partial charge in [0.1, 0.15) is 12.4 Å². The van der Waals surface area contributed by atoms with E-state index in [1.54, 1.807) is 25.4 Å². The molecule has 1 aliphatic rings. The van der Waals surface area contributed by atoms with Crippen LogP contribution in [0.3, 0.4) is 0 Å². The maximum absolute atomic E-state index is 13.6. The minimum atomic E-state index is -3.73. The summed E-state index contributed by atoms with van der Waals surface area (Å²) in [6.45, 7) is 2.38. The van der Waals surface area contributed by atoms with E-state index in [-0.39, 0.29) is 11.4 Å². The molecule has 0 unspecified atom stereocenters. The molecule has 0 radical (unpaired) electrons. The Kier molecular flexibility index (Phi) is 6.41. The van der Waals surface area contributed by atoms with E-state index in [1.165, 1.54) is 4.31 Å². The van der Waals surface area contributed by atoms with Crippen molar-refractivity contribution in [1.82, 2.24) is 9.29 Å². The zero-order chi connectivity index (χ0) is 21.8. The number of nitrogens with zero attached hydrogens (tertiary/aromatic N) is 3. The van der Waals surface area contributed by atoms with Crippen LogP contribution in [0.2, 0.25) is 0 Å². The predicted molar refractivity (Wildman–Crippen MR) is 121 cm³/mol. The smallest absolute Gasteiger partial charge is 0.243 e. The van der Waals surface area contributed by atoms with Gasteiger partial charge in [0, 0.05) is 51.5 Å². The Morgan fingerprint density at radius 2 is 2.03 bits per heavy atom. The first-order valence-electron chi connectivity index (χ1n) is 10.3. The Balaban J connectivity index is 1.65. The standard InChI is InChI=1S/C23H27N3O4S/c1-25-11-13-30-23-15-20(8-9-22(23)25)31(27,28)26(10-5-12-29-2)17-18-14-19-6-3-4-7-21(19)24-16-18/h3-4,6-9,14-16H,5,10-13,17H2,1-2H3. The number of aromatic nitrogens is 1. The molecular weight excluding hydrogens is 414 g/mol. The zero-order valence-corrected chi connectivity index (χ0v) is 18.6. The molecule has 0 atom stereocenters. The minimum absolute atomic E-state index is 0.229. The van der Waals surface area contributed by atoms with Gasteiger partial charge in [-0.15, -0.1) is 0 Å². The quantitative estimate of drug-likeness (QED) is 0.500. The summed E-state index contributed by atoms with van der Waals surface area (Å²) in [7, 11) is -0.146. The van der Waals surface area contributed by atoms with Crippen LogP contribution in [0.4, 0.5) is 5.69 Å². The number of anilines is 1. The highest BCUT2D eigenvalue weighted by Gasteiger charge is 2.27. The van der Waals surface area contributed by atoms with Crippen LogP contribution in [-0.4, -0.2) is 58.2 Å². The van der Waals surface area contributed by atoms with Crippen LogP contribution < -0.4 is 9.64 Å². The summed E-state index contributed by atoms with van der Waals surface area (Å²) in [5.74, 6) is 0.596. The molecule has 0 spiro atoms. The van der Waals surface area contributed by atoms with Gasteiger partial charge in [0.2, 0.25) is 10.0 Å². The second-order valence-electron chi connectivity index (χ2n) is 7.62. The highest BCUT2D eigenvalue weighted by atomic mass is 32.2.